The lowest BCUT2D eigenvalue weighted by Crippen LogP contribution is -2.17. The number of benzene rings is 3. The van der Waals surface area contributed by atoms with E-state index in [1.54, 1.807) is 18.3 Å². The molecule has 0 bridgehead atoms. The molecule has 7 nitrogen and oxygen atoms in total. The SMILES string of the molecule is O=C(N/N=C\c1cn(Cc2ccc([N+](=O)[O-])cc2)c2ccccc12)c1ccc(F)cc1. The maximum absolute atomic E-state index is 13.0. The maximum Gasteiger partial charge on any atom is 0.271 e. The van der Waals surface area contributed by atoms with E-state index in [0.717, 1.165) is 22.0 Å². The zero-order valence-corrected chi connectivity index (χ0v) is 16.2. The largest absolute Gasteiger partial charge is 0.342 e. The molecule has 1 aromatic heterocycles. The van der Waals surface area contributed by atoms with Gasteiger partial charge in [-0.25, -0.2) is 9.82 Å². The number of hydrazone groups is 1. The van der Waals surface area contributed by atoms with Gasteiger partial charge in [-0.05, 0) is 35.9 Å². The topological polar surface area (TPSA) is 89.5 Å². The fourth-order valence-corrected chi connectivity index (χ4v) is 3.25. The minimum absolute atomic E-state index is 0.0471. The van der Waals surface area contributed by atoms with E-state index in [2.05, 4.69) is 10.5 Å². The molecule has 0 aliphatic heterocycles. The number of rotatable bonds is 6. The Labute approximate surface area is 176 Å². The minimum atomic E-state index is -0.439. The van der Waals surface area contributed by atoms with Crippen molar-refractivity contribution in [2.75, 3.05) is 0 Å². The van der Waals surface area contributed by atoms with Gasteiger partial charge in [0.05, 0.1) is 11.1 Å². The first-order valence-corrected chi connectivity index (χ1v) is 9.41. The van der Waals surface area contributed by atoms with Crippen molar-refractivity contribution in [3.8, 4) is 0 Å². The van der Waals surface area contributed by atoms with Gasteiger partial charge in [0, 0.05) is 46.9 Å². The highest BCUT2D eigenvalue weighted by molar-refractivity contribution is 6.00. The fraction of sp³-hybridized carbons (Fsp3) is 0.0435. The van der Waals surface area contributed by atoms with E-state index in [1.165, 1.54) is 36.4 Å². The second-order valence-corrected chi connectivity index (χ2v) is 6.86. The van der Waals surface area contributed by atoms with Crippen molar-refractivity contribution in [3.63, 3.8) is 0 Å². The molecular weight excluding hydrogens is 399 g/mol. The van der Waals surface area contributed by atoms with Crippen molar-refractivity contribution in [2.45, 2.75) is 6.54 Å². The number of nitrogens with one attached hydrogen (secondary N) is 1. The zero-order chi connectivity index (χ0) is 21.8. The number of nitro benzene ring substituents is 1. The minimum Gasteiger partial charge on any atom is -0.342 e. The Balaban J connectivity index is 1.54. The quantitative estimate of drug-likeness (QED) is 0.285. The number of aromatic nitrogens is 1. The molecule has 4 aromatic rings. The molecule has 1 N–H and O–H groups in total. The Bertz CT molecular complexity index is 1280. The number of para-hydroxylation sites is 1. The molecule has 0 spiro atoms. The molecule has 0 aliphatic rings. The van der Waals surface area contributed by atoms with Crippen LogP contribution in [-0.4, -0.2) is 21.6 Å². The van der Waals surface area contributed by atoms with Gasteiger partial charge in [0.15, 0.2) is 0 Å². The van der Waals surface area contributed by atoms with Crippen LogP contribution in [-0.2, 0) is 6.54 Å². The number of nitrogens with zero attached hydrogens (tertiary/aromatic N) is 3. The number of hydrogen-bond donors (Lipinski definition) is 1. The summed E-state index contributed by atoms with van der Waals surface area (Å²) in [5.41, 5.74) is 5.48. The molecule has 1 heterocycles. The number of nitro groups is 1. The molecule has 3 aromatic carbocycles. The van der Waals surface area contributed by atoms with Crippen LogP contribution in [0.5, 0.6) is 0 Å². The van der Waals surface area contributed by atoms with Crippen molar-refractivity contribution >= 4 is 28.7 Å². The summed E-state index contributed by atoms with van der Waals surface area (Å²) in [5.74, 6) is -0.855. The van der Waals surface area contributed by atoms with Crippen molar-refractivity contribution in [1.82, 2.24) is 9.99 Å². The van der Waals surface area contributed by atoms with Gasteiger partial charge in [-0.3, -0.25) is 14.9 Å². The Morgan fingerprint density at radius 2 is 1.77 bits per heavy atom. The molecule has 0 saturated heterocycles. The van der Waals surface area contributed by atoms with E-state index >= 15 is 0 Å². The number of hydrogen-bond acceptors (Lipinski definition) is 4. The van der Waals surface area contributed by atoms with Crippen molar-refractivity contribution < 1.29 is 14.1 Å². The molecule has 0 aliphatic carbocycles. The maximum atomic E-state index is 13.0. The predicted octanol–water partition coefficient (Wildman–Crippen LogP) is 4.50. The van der Waals surface area contributed by atoms with Gasteiger partial charge in [0.2, 0.25) is 0 Å². The highest BCUT2D eigenvalue weighted by Gasteiger charge is 2.09. The van der Waals surface area contributed by atoms with Crippen LogP contribution >= 0.6 is 0 Å². The van der Waals surface area contributed by atoms with Crippen LogP contribution in [0, 0.1) is 15.9 Å². The third kappa shape index (κ3) is 4.48. The van der Waals surface area contributed by atoms with E-state index in [4.69, 9.17) is 0 Å². The van der Waals surface area contributed by atoms with Gasteiger partial charge in [0.1, 0.15) is 5.82 Å². The van der Waals surface area contributed by atoms with Crippen LogP contribution in [0.4, 0.5) is 10.1 Å². The summed E-state index contributed by atoms with van der Waals surface area (Å²) in [6.45, 7) is 0.522. The summed E-state index contributed by atoms with van der Waals surface area (Å²) in [6.07, 6.45) is 3.45. The normalized spacial score (nSPS) is 11.1. The van der Waals surface area contributed by atoms with Crippen LogP contribution in [0.15, 0.2) is 84.1 Å². The van der Waals surface area contributed by atoms with Crippen LogP contribution in [0.25, 0.3) is 10.9 Å². The van der Waals surface area contributed by atoms with Gasteiger partial charge in [-0.1, -0.05) is 30.3 Å². The van der Waals surface area contributed by atoms with Crippen LogP contribution in [0.1, 0.15) is 21.5 Å². The lowest BCUT2D eigenvalue weighted by Gasteiger charge is -2.05. The van der Waals surface area contributed by atoms with Crippen molar-refractivity contribution in [1.29, 1.82) is 0 Å². The molecule has 0 radical (unpaired) electrons. The molecule has 154 valence electrons. The number of fused-ring (bicyclic) bond motifs is 1. The fourth-order valence-electron chi connectivity index (χ4n) is 3.25. The highest BCUT2D eigenvalue weighted by atomic mass is 19.1. The molecule has 0 fully saturated rings. The van der Waals surface area contributed by atoms with E-state index in [1.807, 2.05) is 35.0 Å². The summed E-state index contributed by atoms with van der Waals surface area (Å²) in [6, 6.07) is 19.4. The number of carbonyl (C=O) groups excluding carboxylic acids is 1. The van der Waals surface area contributed by atoms with Gasteiger partial charge < -0.3 is 4.57 Å². The van der Waals surface area contributed by atoms with Crippen LogP contribution in [0.3, 0.4) is 0 Å². The van der Waals surface area contributed by atoms with Crippen LogP contribution < -0.4 is 5.43 Å². The average Bonchev–Trinajstić information content (AvgIpc) is 3.12. The second-order valence-electron chi connectivity index (χ2n) is 6.86. The summed E-state index contributed by atoms with van der Waals surface area (Å²) in [5, 5.41) is 15.8. The van der Waals surface area contributed by atoms with E-state index in [0.29, 0.717) is 12.1 Å². The lowest BCUT2D eigenvalue weighted by molar-refractivity contribution is -0.384. The number of amides is 1. The summed E-state index contributed by atoms with van der Waals surface area (Å²) < 4.78 is 15.0. The third-order valence-electron chi connectivity index (χ3n) is 4.80. The average molecular weight is 416 g/mol. The first-order valence-electron chi connectivity index (χ1n) is 9.41. The Morgan fingerprint density at radius 3 is 2.48 bits per heavy atom. The Kier molecular flexibility index (Phi) is 5.53. The Hall–Kier alpha value is -4.33. The standard InChI is InChI=1S/C23H17FN4O3/c24-19-9-7-17(8-10-19)23(29)26-25-13-18-15-27(22-4-2-1-3-21(18)22)14-16-5-11-20(12-6-16)28(30)31/h1-13,15H,14H2,(H,26,29)/b25-13-. The van der Waals surface area contributed by atoms with E-state index < -0.39 is 16.6 Å². The first-order chi connectivity index (χ1) is 15.0. The van der Waals surface area contributed by atoms with Crippen LogP contribution in [0.2, 0.25) is 0 Å². The molecule has 31 heavy (non-hydrogen) atoms. The molecular formula is C23H17FN4O3. The predicted molar refractivity (Wildman–Crippen MR) is 116 cm³/mol. The number of non-ortho nitro benzene ring substituents is 1. The summed E-state index contributed by atoms with van der Waals surface area (Å²) in [7, 11) is 0. The van der Waals surface area contributed by atoms with Gasteiger partial charge in [-0.2, -0.15) is 5.10 Å². The summed E-state index contributed by atoms with van der Waals surface area (Å²) >= 11 is 0. The van der Waals surface area contributed by atoms with Gasteiger partial charge >= 0.3 is 0 Å². The van der Waals surface area contributed by atoms with E-state index in [9.17, 15) is 19.3 Å². The smallest absolute Gasteiger partial charge is 0.271 e. The van der Waals surface area contributed by atoms with E-state index in [-0.39, 0.29) is 5.69 Å². The molecule has 0 atom stereocenters. The molecule has 0 unspecified atom stereocenters. The summed E-state index contributed by atoms with van der Waals surface area (Å²) in [4.78, 5) is 22.5. The molecule has 4 rings (SSSR count). The van der Waals surface area contributed by atoms with Gasteiger partial charge in [0.25, 0.3) is 11.6 Å². The van der Waals surface area contributed by atoms with Crippen molar-refractivity contribution in [3.05, 3.63) is 112 Å². The Morgan fingerprint density at radius 1 is 1.06 bits per heavy atom. The lowest BCUT2D eigenvalue weighted by atomic mass is 10.2. The monoisotopic (exact) mass is 416 g/mol. The zero-order valence-electron chi connectivity index (χ0n) is 16.2. The molecule has 8 heteroatoms. The highest BCUT2D eigenvalue weighted by Crippen LogP contribution is 2.22. The second kappa shape index (κ2) is 8.58. The number of carbonyl (C=O) groups is 1. The van der Waals surface area contributed by atoms with Gasteiger partial charge in [-0.15, -0.1) is 0 Å². The molecule has 1 amide bonds. The third-order valence-corrected chi connectivity index (χ3v) is 4.80. The number of halogens is 1. The first kappa shape index (κ1) is 20.0. The molecule has 0 saturated carbocycles. The van der Waals surface area contributed by atoms with Crippen molar-refractivity contribution in [2.24, 2.45) is 5.10 Å².